The minimum Gasteiger partial charge on any atom is -0.497 e. The lowest BCUT2D eigenvalue weighted by molar-refractivity contribution is 0.0960. The van der Waals surface area contributed by atoms with Gasteiger partial charge in [-0.05, 0) is 53.7 Å². The molecule has 0 aliphatic heterocycles. The molecule has 0 saturated carbocycles. The number of nitrogens with one attached hydrogen (secondary N) is 1. The highest BCUT2D eigenvalue weighted by molar-refractivity contribution is 6.06. The summed E-state index contributed by atoms with van der Waals surface area (Å²) in [6.07, 6.45) is 0. The zero-order valence-electron chi connectivity index (χ0n) is 17.0. The van der Waals surface area contributed by atoms with E-state index >= 15 is 0 Å². The summed E-state index contributed by atoms with van der Waals surface area (Å²) in [5, 5.41) is 14.9. The van der Waals surface area contributed by atoms with Crippen molar-refractivity contribution in [3.8, 4) is 17.1 Å². The van der Waals surface area contributed by atoms with E-state index < -0.39 is 11.7 Å². The highest BCUT2D eigenvalue weighted by Crippen LogP contribution is 2.25. The predicted molar refractivity (Wildman–Crippen MR) is 115 cm³/mol. The van der Waals surface area contributed by atoms with E-state index in [1.807, 2.05) is 0 Å². The number of Topliss-reactive ketones (excluding diaryl/α,β-unsaturated/α-hetero) is 1. The molecule has 0 fully saturated rings. The van der Waals surface area contributed by atoms with Gasteiger partial charge in [0.05, 0.1) is 18.4 Å². The average Bonchev–Trinajstić information content (AvgIpc) is 3.28. The van der Waals surface area contributed by atoms with Crippen molar-refractivity contribution in [3.63, 3.8) is 0 Å². The van der Waals surface area contributed by atoms with Gasteiger partial charge in [0.15, 0.2) is 5.78 Å². The summed E-state index contributed by atoms with van der Waals surface area (Å²) in [7, 11) is 1.55. The standard InChI is InChI=1S/C23H18FN5O3/c1-32-16-12-10-15(11-13-16)21(30)14-29-27-22(26-28-29)18-7-3-5-9-20(18)25-23(31)17-6-2-4-8-19(17)24/h2-13H,14H2,1H3,(H,25,31). The Bertz CT molecular complexity index is 1270. The summed E-state index contributed by atoms with van der Waals surface area (Å²) < 4.78 is 19.0. The van der Waals surface area contributed by atoms with Crippen molar-refractivity contribution in [1.82, 2.24) is 20.2 Å². The Hall–Kier alpha value is -4.40. The van der Waals surface area contributed by atoms with Crippen molar-refractivity contribution in [1.29, 1.82) is 0 Å². The molecule has 160 valence electrons. The van der Waals surface area contributed by atoms with Crippen molar-refractivity contribution in [2.45, 2.75) is 6.54 Å². The molecule has 1 heterocycles. The second-order valence-corrected chi connectivity index (χ2v) is 6.77. The lowest BCUT2D eigenvalue weighted by Crippen LogP contribution is -2.14. The quantitative estimate of drug-likeness (QED) is 0.449. The molecule has 0 unspecified atom stereocenters. The molecule has 0 aliphatic carbocycles. The maximum atomic E-state index is 13.9. The molecule has 0 bridgehead atoms. The fourth-order valence-corrected chi connectivity index (χ4v) is 3.04. The molecular formula is C23H18FN5O3. The van der Waals surface area contributed by atoms with Gasteiger partial charge in [0.1, 0.15) is 18.1 Å². The Labute approximate surface area is 182 Å². The molecule has 3 aromatic carbocycles. The van der Waals surface area contributed by atoms with Gasteiger partial charge in [0.25, 0.3) is 5.91 Å². The van der Waals surface area contributed by atoms with E-state index in [9.17, 15) is 14.0 Å². The number of nitrogens with zero attached hydrogens (tertiary/aromatic N) is 4. The lowest BCUT2D eigenvalue weighted by atomic mass is 10.1. The number of ether oxygens (including phenoxy) is 1. The molecule has 32 heavy (non-hydrogen) atoms. The van der Waals surface area contributed by atoms with E-state index in [1.165, 1.54) is 23.0 Å². The third kappa shape index (κ3) is 4.51. The number of halogens is 1. The van der Waals surface area contributed by atoms with Crippen LogP contribution in [0.15, 0.2) is 72.8 Å². The Balaban J connectivity index is 1.52. The van der Waals surface area contributed by atoms with Crippen LogP contribution in [0, 0.1) is 5.82 Å². The Morgan fingerprint density at radius 3 is 2.47 bits per heavy atom. The first-order valence-electron chi connectivity index (χ1n) is 9.65. The van der Waals surface area contributed by atoms with Crippen molar-refractivity contribution in [2.75, 3.05) is 12.4 Å². The first kappa shape index (κ1) is 20.9. The second-order valence-electron chi connectivity index (χ2n) is 6.77. The molecule has 9 heteroatoms. The van der Waals surface area contributed by atoms with Crippen molar-refractivity contribution in [2.24, 2.45) is 0 Å². The van der Waals surface area contributed by atoms with Gasteiger partial charge in [-0.25, -0.2) is 4.39 Å². The number of tetrazole rings is 1. The first-order valence-corrected chi connectivity index (χ1v) is 9.65. The molecule has 4 rings (SSSR count). The summed E-state index contributed by atoms with van der Waals surface area (Å²) in [4.78, 5) is 26.2. The molecule has 0 aliphatic rings. The van der Waals surface area contributed by atoms with E-state index in [0.29, 0.717) is 22.6 Å². The number of para-hydroxylation sites is 1. The van der Waals surface area contributed by atoms with Gasteiger partial charge < -0.3 is 10.1 Å². The largest absolute Gasteiger partial charge is 0.497 e. The number of aromatic nitrogens is 4. The highest BCUT2D eigenvalue weighted by Gasteiger charge is 2.17. The van der Waals surface area contributed by atoms with Gasteiger partial charge in [0.2, 0.25) is 5.82 Å². The van der Waals surface area contributed by atoms with Crippen LogP contribution in [0.3, 0.4) is 0 Å². The molecule has 0 atom stereocenters. The smallest absolute Gasteiger partial charge is 0.258 e. The number of hydrogen-bond donors (Lipinski definition) is 1. The van der Waals surface area contributed by atoms with Crippen LogP contribution in [0.25, 0.3) is 11.4 Å². The zero-order chi connectivity index (χ0) is 22.5. The molecule has 0 saturated heterocycles. The molecule has 1 aromatic heterocycles. The maximum absolute atomic E-state index is 13.9. The Kier molecular flexibility index (Phi) is 5.98. The SMILES string of the molecule is COc1ccc(C(=O)Cn2nnc(-c3ccccc3NC(=O)c3ccccc3F)n2)cc1. The van der Waals surface area contributed by atoms with E-state index in [-0.39, 0.29) is 23.7 Å². The van der Waals surface area contributed by atoms with E-state index in [0.717, 1.165) is 0 Å². The van der Waals surface area contributed by atoms with Gasteiger partial charge in [-0.1, -0.05) is 24.3 Å². The third-order valence-electron chi connectivity index (χ3n) is 4.68. The van der Waals surface area contributed by atoms with Gasteiger partial charge in [-0.15, -0.1) is 10.2 Å². The molecule has 0 spiro atoms. The van der Waals surface area contributed by atoms with Crippen molar-refractivity contribution in [3.05, 3.63) is 89.7 Å². The number of anilines is 1. The molecular weight excluding hydrogens is 413 g/mol. The minimum absolute atomic E-state index is 0.0796. The van der Waals surface area contributed by atoms with Crippen LogP contribution in [0.4, 0.5) is 10.1 Å². The summed E-state index contributed by atoms with van der Waals surface area (Å²) in [5.41, 5.74) is 1.29. The fourth-order valence-electron chi connectivity index (χ4n) is 3.04. The van der Waals surface area contributed by atoms with Crippen LogP contribution in [0.2, 0.25) is 0 Å². The average molecular weight is 431 g/mol. The second kappa shape index (κ2) is 9.17. The molecule has 4 aromatic rings. The lowest BCUT2D eigenvalue weighted by Gasteiger charge is -2.09. The fraction of sp³-hybridized carbons (Fsp3) is 0.0870. The number of hydrogen-bond acceptors (Lipinski definition) is 6. The minimum atomic E-state index is -0.622. The highest BCUT2D eigenvalue weighted by atomic mass is 19.1. The van der Waals surface area contributed by atoms with Crippen LogP contribution >= 0.6 is 0 Å². The first-order chi connectivity index (χ1) is 15.5. The van der Waals surface area contributed by atoms with Gasteiger partial charge in [0, 0.05) is 11.1 Å². The van der Waals surface area contributed by atoms with Crippen LogP contribution in [-0.2, 0) is 6.54 Å². The van der Waals surface area contributed by atoms with Gasteiger partial charge in [-0.2, -0.15) is 4.80 Å². The van der Waals surface area contributed by atoms with Crippen LogP contribution in [0.5, 0.6) is 5.75 Å². The van der Waals surface area contributed by atoms with Crippen LogP contribution < -0.4 is 10.1 Å². The predicted octanol–water partition coefficient (Wildman–Crippen LogP) is 3.62. The maximum Gasteiger partial charge on any atom is 0.258 e. The molecule has 0 radical (unpaired) electrons. The number of rotatable bonds is 7. The number of ketones is 1. The van der Waals surface area contributed by atoms with E-state index in [1.54, 1.807) is 61.7 Å². The Morgan fingerprint density at radius 2 is 1.72 bits per heavy atom. The molecule has 1 amide bonds. The van der Waals surface area contributed by atoms with E-state index in [2.05, 4.69) is 20.7 Å². The summed E-state index contributed by atoms with van der Waals surface area (Å²) >= 11 is 0. The van der Waals surface area contributed by atoms with E-state index in [4.69, 9.17) is 4.74 Å². The van der Waals surface area contributed by atoms with Gasteiger partial charge >= 0.3 is 0 Å². The van der Waals surface area contributed by atoms with Crippen molar-refractivity contribution >= 4 is 17.4 Å². The van der Waals surface area contributed by atoms with Crippen molar-refractivity contribution < 1.29 is 18.7 Å². The normalized spacial score (nSPS) is 10.6. The third-order valence-corrected chi connectivity index (χ3v) is 4.68. The number of carbonyl (C=O) groups excluding carboxylic acids is 2. The number of benzene rings is 3. The summed E-state index contributed by atoms with van der Waals surface area (Å²) in [6, 6.07) is 19.2. The number of carbonyl (C=O) groups is 2. The monoisotopic (exact) mass is 431 g/mol. The van der Waals surface area contributed by atoms with Gasteiger partial charge in [-0.3, -0.25) is 9.59 Å². The number of amides is 1. The van der Waals surface area contributed by atoms with Crippen LogP contribution in [0.1, 0.15) is 20.7 Å². The number of methoxy groups -OCH3 is 1. The molecule has 8 nitrogen and oxygen atoms in total. The molecule has 1 N–H and O–H groups in total. The zero-order valence-corrected chi connectivity index (χ0v) is 17.0. The van der Waals surface area contributed by atoms with Crippen LogP contribution in [-0.4, -0.2) is 39.0 Å². The topological polar surface area (TPSA) is 99.0 Å². The summed E-state index contributed by atoms with van der Waals surface area (Å²) in [5.74, 6) is -0.548. The summed E-state index contributed by atoms with van der Waals surface area (Å²) in [6.45, 7) is -0.108. The Morgan fingerprint density at radius 1 is 1.00 bits per heavy atom.